The van der Waals surface area contributed by atoms with Gasteiger partial charge in [0.05, 0.1) is 23.6 Å². The van der Waals surface area contributed by atoms with E-state index < -0.39 is 12.0 Å². The Morgan fingerprint density at radius 2 is 1.95 bits per heavy atom. The fraction of sp³-hybridized carbons (Fsp3) is 0.417. The SMILES string of the molecule is NCc1cc(OC2CCN(C3C[C](n4cc(-c5ncnc6[nH]ccc56)cn4)C3)CC2)nc(C(F)(F)F)n1. The van der Waals surface area contributed by atoms with Crippen LogP contribution in [0.1, 0.15) is 37.2 Å². The second kappa shape index (κ2) is 9.38. The van der Waals surface area contributed by atoms with Crippen LogP contribution in [0.15, 0.2) is 37.1 Å². The van der Waals surface area contributed by atoms with E-state index in [1.54, 1.807) is 6.33 Å². The van der Waals surface area contributed by atoms with Crippen LogP contribution in [0.2, 0.25) is 0 Å². The number of halogens is 3. The molecule has 0 atom stereocenters. The molecule has 0 bridgehead atoms. The van der Waals surface area contributed by atoms with Gasteiger partial charge in [-0.3, -0.25) is 9.58 Å². The highest BCUT2D eigenvalue weighted by molar-refractivity contribution is 5.90. The lowest BCUT2D eigenvalue weighted by atomic mass is 9.84. The van der Waals surface area contributed by atoms with Gasteiger partial charge in [-0.1, -0.05) is 0 Å². The van der Waals surface area contributed by atoms with Crippen molar-refractivity contribution >= 4 is 11.0 Å². The first-order valence-corrected chi connectivity index (χ1v) is 12.1. The summed E-state index contributed by atoms with van der Waals surface area (Å²) >= 11 is 0. The minimum Gasteiger partial charge on any atom is -0.474 e. The van der Waals surface area contributed by atoms with Crippen LogP contribution in [0.5, 0.6) is 5.88 Å². The molecule has 0 unspecified atom stereocenters. The summed E-state index contributed by atoms with van der Waals surface area (Å²) in [5, 5.41) is 5.51. The van der Waals surface area contributed by atoms with Crippen molar-refractivity contribution in [1.82, 2.24) is 39.6 Å². The van der Waals surface area contributed by atoms with E-state index in [1.807, 2.05) is 29.3 Å². The number of nitrogens with zero attached hydrogens (tertiary/aromatic N) is 7. The number of rotatable bonds is 6. The smallest absolute Gasteiger partial charge is 0.451 e. The topological polar surface area (TPSA) is 124 Å². The first kappa shape index (κ1) is 23.8. The molecule has 0 aromatic carbocycles. The lowest BCUT2D eigenvalue weighted by molar-refractivity contribution is -0.145. The number of hydrogen-bond donors (Lipinski definition) is 2. The highest BCUT2D eigenvalue weighted by Crippen LogP contribution is 2.37. The zero-order valence-electron chi connectivity index (χ0n) is 19.8. The number of likely N-dealkylation sites (tertiary alicyclic amines) is 1. The Hall–Kier alpha value is -3.58. The predicted molar refractivity (Wildman–Crippen MR) is 127 cm³/mol. The molecule has 37 heavy (non-hydrogen) atoms. The number of fused-ring (bicyclic) bond motifs is 1. The second-order valence-corrected chi connectivity index (χ2v) is 9.34. The summed E-state index contributed by atoms with van der Waals surface area (Å²) in [6.45, 7) is 1.49. The molecule has 193 valence electrons. The van der Waals surface area contributed by atoms with E-state index in [4.69, 9.17) is 10.5 Å². The van der Waals surface area contributed by atoms with E-state index in [9.17, 15) is 13.2 Å². The molecule has 0 spiro atoms. The van der Waals surface area contributed by atoms with E-state index >= 15 is 0 Å². The molecule has 0 amide bonds. The first-order valence-electron chi connectivity index (χ1n) is 12.1. The van der Waals surface area contributed by atoms with E-state index in [-0.39, 0.29) is 24.2 Å². The average molecular weight is 513 g/mol. The second-order valence-electron chi connectivity index (χ2n) is 9.34. The molecule has 1 aliphatic carbocycles. The number of ether oxygens (including phenoxy) is 1. The van der Waals surface area contributed by atoms with Crippen LogP contribution in [-0.2, 0) is 12.7 Å². The third kappa shape index (κ3) is 4.76. The minimum absolute atomic E-state index is 0.0735. The fourth-order valence-corrected chi connectivity index (χ4v) is 4.94. The molecule has 1 saturated heterocycles. The summed E-state index contributed by atoms with van der Waals surface area (Å²) in [6, 6.07) is 5.00. The maximum atomic E-state index is 13.1. The average Bonchev–Trinajstić information content (AvgIpc) is 3.53. The molecular formula is C24H25F3N9O. The van der Waals surface area contributed by atoms with Crippen LogP contribution in [0.4, 0.5) is 13.2 Å². The Morgan fingerprint density at radius 1 is 1.14 bits per heavy atom. The standard InChI is InChI=1S/C24H25F3N9O/c25-24(26,27)23-33-15(10-28)7-20(34-23)37-18-2-5-35(6-3-18)16-8-17(9-16)36-12-14(11-32-36)21-19-1-4-29-22(19)31-13-30-21/h1,4,7,11-13,16,18H,2-3,5-6,8-10,28H2,(H,29,30,31). The fourth-order valence-electron chi connectivity index (χ4n) is 4.94. The van der Waals surface area contributed by atoms with Crippen molar-refractivity contribution in [2.75, 3.05) is 13.1 Å². The van der Waals surface area contributed by atoms with Gasteiger partial charge in [0.1, 0.15) is 18.1 Å². The van der Waals surface area contributed by atoms with Crippen LogP contribution in [0, 0.1) is 6.04 Å². The lowest BCUT2D eigenvalue weighted by Crippen LogP contribution is -2.50. The van der Waals surface area contributed by atoms with Gasteiger partial charge in [-0.25, -0.2) is 15.0 Å². The molecule has 4 aromatic heterocycles. The van der Waals surface area contributed by atoms with Crippen LogP contribution < -0.4 is 10.5 Å². The number of aromatic nitrogens is 7. The summed E-state index contributed by atoms with van der Waals surface area (Å²) in [6.07, 6.45) is 5.62. The van der Waals surface area contributed by atoms with Crippen LogP contribution in [-0.4, -0.2) is 64.8 Å². The van der Waals surface area contributed by atoms with Gasteiger partial charge in [0.25, 0.3) is 0 Å². The van der Waals surface area contributed by atoms with Gasteiger partial charge in [0.15, 0.2) is 0 Å². The maximum absolute atomic E-state index is 13.1. The highest BCUT2D eigenvalue weighted by Gasteiger charge is 2.39. The van der Waals surface area contributed by atoms with Crippen molar-refractivity contribution < 1.29 is 17.9 Å². The quantitative estimate of drug-likeness (QED) is 0.404. The number of nitrogens with two attached hydrogens (primary N) is 1. The van der Waals surface area contributed by atoms with Gasteiger partial charge < -0.3 is 15.5 Å². The number of H-pyrrole nitrogens is 1. The third-order valence-electron chi connectivity index (χ3n) is 6.98. The van der Waals surface area contributed by atoms with Crippen LogP contribution in [0.3, 0.4) is 0 Å². The molecular weight excluding hydrogens is 487 g/mol. The number of hydrogen-bond acceptors (Lipinski definition) is 8. The summed E-state index contributed by atoms with van der Waals surface area (Å²) in [5.41, 5.74) is 8.19. The van der Waals surface area contributed by atoms with Gasteiger partial charge in [0, 0.05) is 55.1 Å². The molecule has 1 aliphatic heterocycles. The van der Waals surface area contributed by atoms with Crippen molar-refractivity contribution in [2.24, 2.45) is 5.73 Å². The molecule has 10 nitrogen and oxygen atoms in total. The number of alkyl halides is 3. The number of aromatic amines is 1. The van der Waals surface area contributed by atoms with Crippen LogP contribution in [0.25, 0.3) is 22.3 Å². The predicted octanol–water partition coefficient (Wildman–Crippen LogP) is 3.17. The van der Waals surface area contributed by atoms with Gasteiger partial charge >= 0.3 is 6.18 Å². The zero-order chi connectivity index (χ0) is 25.6. The van der Waals surface area contributed by atoms with Crippen molar-refractivity contribution in [3.8, 4) is 17.1 Å². The summed E-state index contributed by atoms with van der Waals surface area (Å²) in [4.78, 5) is 21.2. The summed E-state index contributed by atoms with van der Waals surface area (Å²) in [7, 11) is 0. The molecule has 1 radical (unpaired) electrons. The molecule has 6 rings (SSSR count). The molecule has 2 aliphatic rings. The van der Waals surface area contributed by atoms with Gasteiger partial charge in [-0.2, -0.15) is 23.3 Å². The molecule has 1 saturated carbocycles. The largest absolute Gasteiger partial charge is 0.474 e. The van der Waals surface area contributed by atoms with Crippen molar-refractivity contribution in [1.29, 1.82) is 0 Å². The van der Waals surface area contributed by atoms with Gasteiger partial charge in [-0.05, 0) is 31.7 Å². The van der Waals surface area contributed by atoms with Crippen LogP contribution >= 0.6 is 0 Å². The number of nitrogens with one attached hydrogen (secondary N) is 1. The number of piperidine rings is 1. The van der Waals surface area contributed by atoms with Gasteiger partial charge in [-0.15, -0.1) is 0 Å². The molecule has 3 N–H and O–H groups in total. The first-order chi connectivity index (χ1) is 17.9. The van der Waals surface area contributed by atoms with Crippen molar-refractivity contribution in [2.45, 2.75) is 50.6 Å². The third-order valence-corrected chi connectivity index (χ3v) is 6.98. The van der Waals surface area contributed by atoms with Gasteiger partial charge in [0.2, 0.25) is 11.7 Å². The van der Waals surface area contributed by atoms with E-state index in [0.717, 1.165) is 48.2 Å². The summed E-state index contributed by atoms with van der Waals surface area (Å²) in [5.74, 6) is -1.30. The summed E-state index contributed by atoms with van der Waals surface area (Å²) < 4.78 is 47.0. The van der Waals surface area contributed by atoms with Crippen molar-refractivity contribution in [3.63, 3.8) is 0 Å². The maximum Gasteiger partial charge on any atom is 0.451 e. The van der Waals surface area contributed by atoms with Crippen molar-refractivity contribution in [3.05, 3.63) is 54.6 Å². The Kier molecular flexibility index (Phi) is 6.03. The zero-order valence-corrected chi connectivity index (χ0v) is 19.8. The Morgan fingerprint density at radius 3 is 2.70 bits per heavy atom. The Labute approximate surface area is 210 Å². The monoisotopic (exact) mass is 512 g/mol. The molecule has 4 aromatic rings. The Balaban J connectivity index is 1.03. The Bertz CT molecular complexity index is 1390. The van der Waals surface area contributed by atoms with E-state index in [2.05, 4.69) is 34.9 Å². The lowest BCUT2D eigenvalue weighted by Gasteiger charge is -2.45. The molecule has 5 heterocycles. The highest BCUT2D eigenvalue weighted by atomic mass is 19.4. The molecule has 13 heteroatoms. The minimum atomic E-state index is -4.65. The normalized spacial score (nSPS) is 18.4. The van der Waals surface area contributed by atoms with E-state index in [0.29, 0.717) is 18.9 Å². The van der Waals surface area contributed by atoms with E-state index in [1.165, 1.54) is 12.1 Å². The molecule has 2 fully saturated rings.